The highest BCUT2D eigenvalue weighted by atomic mass is 16.4. The highest BCUT2D eigenvalue weighted by Gasteiger charge is 2.27. The lowest BCUT2D eigenvalue weighted by molar-refractivity contribution is -0.317. The average molecular weight is 408 g/mol. The summed E-state index contributed by atoms with van der Waals surface area (Å²) in [5.74, 6) is -4.38. The number of nitrogens with zero attached hydrogens (tertiary/aromatic N) is 3. The van der Waals surface area contributed by atoms with E-state index in [0.29, 0.717) is 11.1 Å². The van der Waals surface area contributed by atoms with Crippen molar-refractivity contribution in [1.82, 2.24) is 20.3 Å². The van der Waals surface area contributed by atoms with E-state index in [1.54, 1.807) is 48.5 Å². The van der Waals surface area contributed by atoms with Gasteiger partial charge in [0.15, 0.2) is 0 Å². The van der Waals surface area contributed by atoms with Crippen molar-refractivity contribution < 1.29 is 24.6 Å². The number of carboxylic acids is 2. The van der Waals surface area contributed by atoms with Crippen LogP contribution in [-0.4, -0.2) is 38.9 Å². The first-order valence-corrected chi connectivity index (χ1v) is 8.96. The van der Waals surface area contributed by atoms with E-state index in [9.17, 15) is 29.4 Å². The molecule has 0 aliphatic rings. The molecule has 1 heterocycles. The molecule has 0 aliphatic heterocycles. The Morgan fingerprint density at radius 2 is 1.67 bits per heavy atom. The highest BCUT2D eigenvalue weighted by molar-refractivity contribution is 5.88. The predicted molar refractivity (Wildman–Crippen MR) is 99.5 cm³/mol. The van der Waals surface area contributed by atoms with Gasteiger partial charge >= 0.3 is 0 Å². The summed E-state index contributed by atoms with van der Waals surface area (Å²) in [4.78, 5) is 47.8. The summed E-state index contributed by atoms with van der Waals surface area (Å²) in [6.45, 7) is 0. The third kappa shape index (κ3) is 4.66. The predicted octanol–water partition coefficient (Wildman–Crippen LogP) is -2.05. The first kappa shape index (κ1) is 20.6. The zero-order chi connectivity index (χ0) is 21.7. The van der Waals surface area contributed by atoms with Gasteiger partial charge in [0, 0.05) is 18.8 Å². The molecule has 1 amide bonds. The molecule has 0 aliphatic carbocycles. The summed E-state index contributed by atoms with van der Waals surface area (Å²) < 4.78 is 0.857. The number of carbonyl (C=O) groups excluding carboxylic acids is 3. The Morgan fingerprint density at radius 3 is 2.33 bits per heavy atom. The molecule has 154 valence electrons. The van der Waals surface area contributed by atoms with Crippen LogP contribution in [0.2, 0.25) is 0 Å². The maximum atomic E-state index is 12.9. The number of benzene rings is 2. The lowest BCUT2D eigenvalue weighted by Crippen LogP contribution is -2.53. The SMILES string of the molecule is O=C([O-])C[C@H](NC(=O)[C@H](Cc1ccccc1)n1nnc2ccccc2c1=O)C(=O)[O-]. The normalized spacial score (nSPS) is 12.8. The van der Waals surface area contributed by atoms with Crippen LogP contribution in [0.25, 0.3) is 10.9 Å². The van der Waals surface area contributed by atoms with Crippen molar-refractivity contribution in [3.63, 3.8) is 0 Å². The minimum atomic E-state index is -1.83. The zero-order valence-corrected chi connectivity index (χ0v) is 15.6. The van der Waals surface area contributed by atoms with Crippen LogP contribution >= 0.6 is 0 Å². The molecule has 0 saturated heterocycles. The van der Waals surface area contributed by atoms with Crippen LogP contribution in [0, 0.1) is 0 Å². The number of carbonyl (C=O) groups is 3. The molecule has 0 unspecified atom stereocenters. The first-order valence-electron chi connectivity index (χ1n) is 8.96. The summed E-state index contributed by atoms with van der Waals surface area (Å²) >= 11 is 0. The van der Waals surface area contributed by atoms with E-state index in [1.165, 1.54) is 6.07 Å². The number of nitrogens with one attached hydrogen (secondary N) is 1. The van der Waals surface area contributed by atoms with Crippen molar-refractivity contribution in [1.29, 1.82) is 0 Å². The quantitative estimate of drug-likeness (QED) is 0.446. The molecule has 0 radical (unpaired) electrons. The Balaban J connectivity index is 2.01. The first-order chi connectivity index (χ1) is 14.4. The van der Waals surface area contributed by atoms with E-state index < -0.39 is 41.9 Å². The molecule has 0 fully saturated rings. The fraction of sp³-hybridized carbons (Fsp3) is 0.200. The van der Waals surface area contributed by atoms with Crippen LogP contribution in [0.5, 0.6) is 0 Å². The molecule has 2 atom stereocenters. The van der Waals surface area contributed by atoms with Crippen molar-refractivity contribution in [2.45, 2.75) is 24.9 Å². The summed E-state index contributed by atoms with van der Waals surface area (Å²) in [5, 5.41) is 32.1. The number of amides is 1. The molecule has 10 heteroatoms. The Morgan fingerprint density at radius 1 is 1.00 bits per heavy atom. The zero-order valence-electron chi connectivity index (χ0n) is 15.6. The Bertz CT molecular complexity index is 1140. The van der Waals surface area contributed by atoms with E-state index in [4.69, 9.17) is 0 Å². The van der Waals surface area contributed by atoms with Gasteiger partial charge in [0.2, 0.25) is 5.91 Å². The molecule has 0 spiro atoms. The monoisotopic (exact) mass is 408 g/mol. The molecular formula is C20H16N4O6-2. The Hall–Kier alpha value is -4.08. The van der Waals surface area contributed by atoms with Crippen LogP contribution in [0.15, 0.2) is 59.4 Å². The number of hydrogen-bond donors (Lipinski definition) is 1. The van der Waals surface area contributed by atoms with Gasteiger partial charge in [-0.05, 0) is 17.7 Å². The van der Waals surface area contributed by atoms with Gasteiger partial charge < -0.3 is 25.1 Å². The minimum absolute atomic E-state index is 0.00924. The Kier molecular flexibility index (Phi) is 6.16. The van der Waals surface area contributed by atoms with Crippen molar-refractivity contribution in [3.8, 4) is 0 Å². The van der Waals surface area contributed by atoms with Crippen LogP contribution in [-0.2, 0) is 20.8 Å². The second-order valence-electron chi connectivity index (χ2n) is 6.52. The number of hydrogen-bond acceptors (Lipinski definition) is 8. The molecule has 30 heavy (non-hydrogen) atoms. The third-order valence-electron chi connectivity index (χ3n) is 4.43. The van der Waals surface area contributed by atoms with E-state index in [-0.39, 0.29) is 11.8 Å². The van der Waals surface area contributed by atoms with Crippen LogP contribution in [0.4, 0.5) is 0 Å². The highest BCUT2D eigenvalue weighted by Crippen LogP contribution is 2.14. The number of aliphatic carboxylic acids is 2. The molecule has 0 bridgehead atoms. The summed E-state index contributed by atoms with van der Waals surface area (Å²) in [6, 6.07) is 12.0. The summed E-state index contributed by atoms with van der Waals surface area (Å²) in [6.07, 6.45) is -0.991. The van der Waals surface area contributed by atoms with Gasteiger partial charge in [-0.1, -0.05) is 47.7 Å². The van der Waals surface area contributed by atoms with E-state index in [1.807, 2.05) is 0 Å². The molecule has 10 nitrogen and oxygen atoms in total. The summed E-state index contributed by atoms with van der Waals surface area (Å²) in [5.41, 5.74) is 0.410. The maximum absolute atomic E-state index is 12.9. The lowest BCUT2D eigenvalue weighted by atomic mass is 10.0. The average Bonchev–Trinajstić information content (AvgIpc) is 2.72. The molecule has 1 aromatic heterocycles. The molecule has 1 N–H and O–H groups in total. The van der Waals surface area contributed by atoms with Gasteiger partial charge in [0.05, 0.1) is 17.4 Å². The fourth-order valence-corrected chi connectivity index (χ4v) is 2.96. The van der Waals surface area contributed by atoms with Gasteiger partial charge in [0.25, 0.3) is 5.56 Å². The molecule has 3 rings (SSSR count). The van der Waals surface area contributed by atoms with Crippen molar-refractivity contribution >= 4 is 28.7 Å². The van der Waals surface area contributed by atoms with E-state index in [0.717, 1.165) is 4.68 Å². The van der Waals surface area contributed by atoms with Crippen LogP contribution in [0.1, 0.15) is 18.0 Å². The molecular weight excluding hydrogens is 392 g/mol. The molecule has 2 aromatic carbocycles. The van der Waals surface area contributed by atoms with Gasteiger partial charge in [-0.3, -0.25) is 9.59 Å². The fourth-order valence-electron chi connectivity index (χ4n) is 2.96. The second kappa shape index (κ2) is 8.95. The third-order valence-corrected chi connectivity index (χ3v) is 4.43. The second-order valence-corrected chi connectivity index (χ2v) is 6.52. The van der Waals surface area contributed by atoms with Crippen molar-refractivity contribution in [3.05, 3.63) is 70.5 Å². The van der Waals surface area contributed by atoms with Crippen LogP contribution in [0.3, 0.4) is 0 Å². The minimum Gasteiger partial charge on any atom is -0.550 e. The van der Waals surface area contributed by atoms with Gasteiger partial charge in [0.1, 0.15) is 11.6 Å². The molecule has 3 aromatic rings. The maximum Gasteiger partial charge on any atom is 0.278 e. The van der Waals surface area contributed by atoms with Gasteiger partial charge in [-0.15, -0.1) is 5.10 Å². The van der Waals surface area contributed by atoms with Gasteiger partial charge in [-0.25, -0.2) is 0 Å². The number of fused-ring (bicyclic) bond motifs is 1. The standard InChI is InChI=1S/C20H18N4O6/c25-17(26)11-15(20(29)30)21-18(27)16(10-12-6-2-1-3-7-12)24-19(28)13-8-4-5-9-14(13)22-23-24/h1-9,15-16H,10-11H2,(H,21,27)(H,25,26)(H,29,30)/p-2/t15-,16-/m0/s1. The van der Waals surface area contributed by atoms with Gasteiger partial charge in [-0.2, -0.15) is 4.68 Å². The summed E-state index contributed by atoms with van der Waals surface area (Å²) in [7, 11) is 0. The lowest BCUT2D eigenvalue weighted by Gasteiger charge is -2.24. The van der Waals surface area contributed by atoms with E-state index >= 15 is 0 Å². The number of carboxylic acid groups (broad SMARTS) is 2. The van der Waals surface area contributed by atoms with E-state index in [2.05, 4.69) is 15.6 Å². The largest absolute Gasteiger partial charge is 0.550 e. The number of rotatable bonds is 8. The van der Waals surface area contributed by atoms with Crippen molar-refractivity contribution in [2.24, 2.45) is 0 Å². The Labute approximate surface area is 169 Å². The van der Waals surface area contributed by atoms with Crippen molar-refractivity contribution in [2.75, 3.05) is 0 Å². The molecule has 0 saturated carbocycles. The van der Waals surface area contributed by atoms with Crippen LogP contribution < -0.4 is 21.1 Å². The number of aromatic nitrogens is 3. The topological polar surface area (TPSA) is 157 Å². The smallest absolute Gasteiger partial charge is 0.278 e.